The Bertz CT molecular complexity index is 970. The lowest BCUT2D eigenvalue weighted by Gasteiger charge is -2.27. The molecule has 0 saturated heterocycles. The molecular formula is C19H16F3N3O4S. The Morgan fingerprint density at radius 2 is 1.90 bits per heavy atom. The average Bonchev–Trinajstić information content (AvgIpc) is 3.15. The summed E-state index contributed by atoms with van der Waals surface area (Å²) in [5, 5.41) is 16.6. The first-order valence-electron chi connectivity index (χ1n) is 8.55. The zero-order valence-corrected chi connectivity index (χ0v) is 16.0. The second kappa shape index (κ2) is 8.91. The van der Waals surface area contributed by atoms with Crippen LogP contribution in [-0.4, -0.2) is 41.0 Å². The van der Waals surface area contributed by atoms with Crippen LogP contribution in [0.25, 0.3) is 0 Å². The number of ether oxygens (including phenoxy) is 1. The van der Waals surface area contributed by atoms with Gasteiger partial charge in [0.2, 0.25) is 0 Å². The molecule has 0 bridgehead atoms. The minimum atomic E-state index is -4.79. The van der Waals surface area contributed by atoms with Crippen LogP contribution in [0.1, 0.15) is 9.67 Å². The second-order valence-corrected chi connectivity index (χ2v) is 6.96. The summed E-state index contributed by atoms with van der Waals surface area (Å²) in [5.74, 6) is -1.85. The van der Waals surface area contributed by atoms with Crippen LogP contribution in [0.2, 0.25) is 0 Å². The number of alkyl halides is 3. The molecule has 3 rings (SSSR count). The van der Waals surface area contributed by atoms with Crippen molar-refractivity contribution in [2.45, 2.75) is 12.4 Å². The van der Waals surface area contributed by atoms with Crippen LogP contribution in [0.3, 0.4) is 0 Å². The minimum Gasteiger partial charge on any atom is -0.479 e. The van der Waals surface area contributed by atoms with Gasteiger partial charge in [-0.1, -0.05) is 12.2 Å². The van der Waals surface area contributed by atoms with E-state index in [2.05, 4.69) is 15.4 Å². The number of nitrogens with one attached hydrogen (secondary N) is 2. The maximum Gasteiger partial charge on any atom is 0.573 e. The fourth-order valence-electron chi connectivity index (χ4n) is 2.64. The van der Waals surface area contributed by atoms with E-state index in [1.54, 1.807) is 34.7 Å². The predicted molar refractivity (Wildman–Crippen MR) is 105 cm³/mol. The van der Waals surface area contributed by atoms with Gasteiger partial charge in [-0.05, 0) is 41.8 Å². The van der Waals surface area contributed by atoms with Crippen LogP contribution in [0.5, 0.6) is 5.75 Å². The zero-order valence-electron chi connectivity index (χ0n) is 15.2. The van der Waals surface area contributed by atoms with Crippen molar-refractivity contribution in [1.29, 1.82) is 0 Å². The smallest absolute Gasteiger partial charge is 0.479 e. The summed E-state index contributed by atoms with van der Waals surface area (Å²) in [7, 11) is 0. The van der Waals surface area contributed by atoms with Crippen LogP contribution in [0.15, 0.2) is 60.1 Å². The molecular weight excluding hydrogens is 423 g/mol. The van der Waals surface area contributed by atoms with E-state index in [0.717, 1.165) is 12.1 Å². The van der Waals surface area contributed by atoms with Gasteiger partial charge in [-0.3, -0.25) is 4.79 Å². The zero-order chi connectivity index (χ0) is 21.7. The largest absolute Gasteiger partial charge is 0.573 e. The highest BCUT2D eigenvalue weighted by molar-refractivity contribution is 7.12. The number of thiophene rings is 1. The highest BCUT2D eigenvalue weighted by Gasteiger charge is 2.31. The number of rotatable bonds is 7. The molecule has 158 valence electrons. The third kappa shape index (κ3) is 5.54. The third-order valence-electron chi connectivity index (χ3n) is 3.96. The van der Waals surface area contributed by atoms with Gasteiger partial charge in [-0.15, -0.1) is 24.5 Å². The van der Waals surface area contributed by atoms with Gasteiger partial charge in [0, 0.05) is 11.9 Å². The quantitative estimate of drug-likeness (QED) is 0.602. The summed E-state index contributed by atoms with van der Waals surface area (Å²) < 4.78 is 40.4. The number of benzene rings is 1. The van der Waals surface area contributed by atoms with Crippen molar-refractivity contribution in [3.63, 3.8) is 0 Å². The maximum atomic E-state index is 12.5. The van der Waals surface area contributed by atoms with Crippen LogP contribution in [0.4, 0.5) is 24.5 Å². The molecule has 1 aromatic carbocycles. The molecule has 3 N–H and O–H groups in total. The summed E-state index contributed by atoms with van der Waals surface area (Å²) >= 11 is 1.17. The van der Waals surface area contributed by atoms with Crippen LogP contribution in [0, 0.1) is 0 Å². The molecule has 2 aromatic rings. The van der Waals surface area contributed by atoms with Crippen molar-refractivity contribution in [3.05, 3.63) is 65.0 Å². The Kier molecular flexibility index (Phi) is 6.31. The molecule has 1 atom stereocenters. The van der Waals surface area contributed by atoms with Crippen LogP contribution < -0.4 is 15.4 Å². The van der Waals surface area contributed by atoms with Crippen molar-refractivity contribution in [2.75, 3.05) is 17.3 Å². The standard InChI is InChI=1S/C19H16F3N3O4S/c20-19(21,22)29-13-6-4-12(5-7-13)24-17(26)16-14(8-10-30-16)23-11-25-9-2-1-3-15(25)18(27)28/h1-10,15,23H,11H2,(H,24,26)(H,27,28). The number of hydrogen-bond acceptors (Lipinski definition) is 6. The molecule has 0 fully saturated rings. The number of anilines is 2. The first-order valence-corrected chi connectivity index (χ1v) is 9.43. The monoisotopic (exact) mass is 439 g/mol. The summed E-state index contributed by atoms with van der Waals surface area (Å²) in [5.41, 5.74) is 0.797. The number of amides is 1. The summed E-state index contributed by atoms with van der Waals surface area (Å²) in [4.78, 5) is 25.8. The van der Waals surface area contributed by atoms with Gasteiger partial charge in [0.1, 0.15) is 16.7 Å². The Morgan fingerprint density at radius 1 is 1.17 bits per heavy atom. The first kappa shape index (κ1) is 21.2. The van der Waals surface area contributed by atoms with Gasteiger partial charge in [-0.25, -0.2) is 4.79 Å². The van der Waals surface area contributed by atoms with E-state index in [9.17, 15) is 27.9 Å². The molecule has 30 heavy (non-hydrogen) atoms. The molecule has 2 heterocycles. The van der Waals surface area contributed by atoms with E-state index in [4.69, 9.17) is 0 Å². The molecule has 0 radical (unpaired) electrons. The molecule has 1 unspecified atom stereocenters. The van der Waals surface area contributed by atoms with Gasteiger partial charge in [0.05, 0.1) is 12.4 Å². The highest BCUT2D eigenvalue weighted by Crippen LogP contribution is 2.26. The van der Waals surface area contributed by atoms with Gasteiger partial charge in [0.15, 0.2) is 0 Å². The van der Waals surface area contributed by atoms with Gasteiger partial charge >= 0.3 is 12.3 Å². The summed E-state index contributed by atoms with van der Waals surface area (Å²) in [6.07, 6.45) is 1.72. The molecule has 0 spiro atoms. The van der Waals surface area contributed by atoms with Crippen molar-refractivity contribution in [2.24, 2.45) is 0 Å². The lowest BCUT2D eigenvalue weighted by Crippen LogP contribution is -2.40. The van der Waals surface area contributed by atoms with E-state index in [0.29, 0.717) is 16.3 Å². The fraction of sp³-hybridized carbons (Fsp3) is 0.158. The van der Waals surface area contributed by atoms with Crippen LogP contribution >= 0.6 is 11.3 Å². The fourth-order valence-corrected chi connectivity index (χ4v) is 3.40. The predicted octanol–water partition coefficient (Wildman–Crippen LogP) is 4.11. The summed E-state index contributed by atoms with van der Waals surface area (Å²) in [6.45, 7) is 0.151. The number of halogens is 3. The number of hydrogen-bond donors (Lipinski definition) is 3. The Hall–Kier alpha value is -3.47. The maximum absolute atomic E-state index is 12.5. The molecule has 1 amide bonds. The number of carboxylic acids is 1. The van der Waals surface area contributed by atoms with E-state index in [-0.39, 0.29) is 6.67 Å². The van der Waals surface area contributed by atoms with Crippen molar-refractivity contribution >= 4 is 34.6 Å². The number of carbonyl (C=O) groups is 2. The van der Waals surface area contributed by atoms with E-state index >= 15 is 0 Å². The summed E-state index contributed by atoms with van der Waals surface area (Å²) in [6, 6.07) is 5.64. The molecule has 11 heteroatoms. The molecule has 1 aliphatic heterocycles. The highest BCUT2D eigenvalue weighted by atomic mass is 32.1. The van der Waals surface area contributed by atoms with Gasteiger partial charge in [0.25, 0.3) is 5.91 Å². The number of carbonyl (C=O) groups excluding carboxylic acids is 1. The lowest BCUT2D eigenvalue weighted by molar-refractivity contribution is -0.274. The number of nitrogens with zero attached hydrogens (tertiary/aromatic N) is 1. The lowest BCUT2D eigenvalue weighted by atomic mass is 10.2. The van der Waals surface area contributed by atoms with Gasteiger partial charge in [-0.2, -0.15) is 0 Å². The van der Waals surface area contributed by atoms with Crippen molar-refractivity contribution < 1.29 is 32.6 Å². The van der Waals surface area contributed by atoms with Crippen LogP contribution in [-0.2, 0) is 4.79 Å². The molecule has 0 aliphatic carbocycles. The van der Waals surface area contributed by atoms with E-state index in [1.165, 1.54) is 29.5 Å². The van der Waals surface area contributed by atoms with E-state index < -0.39 is 30.0 Å². The minimum absolute atomic E-state index is 0.151. The topological polar surface area (TPSA) is 90.9 Å². The molecule has 7 nitrogen and oxygen atoms in total. The normalized spacial score (nSPS) is 15.7. The van der Waals surface area contributed by atoms with Gasteiger partial charge < -0.3 is 25.4 Å². The Balaban J connectivity index is 1.62. The second-order valence-electron chi connectivity index (χ2n) is 6.05. The number of aliphatic carboxylic acids is 1. The van der Waals surface area contributed by atoms with Crippen molar-refractivity contribution in [3.8, 4) is 5.75 Å². The molecule has 1 aromatic heterocycles. The third-order valence-corrected chi connectivity index (χ3v) is 4.87. The Morgan fingerprint density at radius 3 is 2.57 bits per heavy atom. The average molecular weight is 439 g/mol. The number of allylic oxidation sites excluding steroid dienone is 2. The number of carboxylic acid groups (broad SMARTS) is 1. The first-order chi connectivity index (χ1) is 14.2. The molecule has 0 saturated carbocycles. The Labute approximate surface area is 173 Å². The SMILES string of the molecule is O=C(Nc1ccc(OC(F)(F)F)cc1)c1sccc1NCN1C=CC=CC1C(=O)O. The molecule has 1 aliphatic rings. The van der Waals surface area contributed by atoms with Crippen molar-refractivity contribution in [1.82, 2.24) is 4.90 Å². The van der Waals surface area contributed by atoms with E-state index in [1.807, 2.05) is 0 Å².